The maximum absolute atomic E-state index is 6.01. The molecule has 27 heavy (non-hydrogen) atoms. The van der Waals surface area contributed by atoms with Crippen LogP contribution in [0.5, 0.6) is 0 Å². The van der Waals surface area contributed by atoms with Crippen LogP contribution in [0.3, 0.4) is 0 Å². The molecule has 0 aromatic carbocycles. The molecule has 2 rings (SSSR count). The van der Waals surface area contributed by atoms with Gasteiger partial charge in [-0.3, -0.25) is 9.89 Å². The third-order valence-corrected chi connectivity index (χ3v) is 4.93. The Labute approximate surface area is 164 Å². The fourth-order valence-corrected chi connectivity index (χ4v) is 3.32. The highest BCUT2D eigenvalue weighted by Gasteiger charge is 2.18. The van der Waals surface area contributed by atoms with E-state index in [0.717, 1.165) is 64.0 Å². The van der Waals surface area contributed by atoms with Crippen molar-refractivity contribution in [3.05, 3.63) is 18.5 Å². The number of anilines is 1. The zero-order valence-electron chi connectivity index (χ0n) is 17.3. The third-order valence-electron chi connectivity index (χ3n) is 4.93. The molecule has 1 fully saturated rings. The Morgan fingerprint density at radius 3 is 2.48 bits per heavy atom. The molecule has 1 aromatic rings. The summed E-state index contributed by atoms with van der Waals surface area (Å²) < 4.78 is 0. The molecule has 0 saturated carbocycles. The van der Waals surface area contributed by atoms with Crippen molar-refractivity contribution in [1.29, 1.82) is 0 Å². The maximum Gasteiger partial charge on any atom is 0.225 e. The van der Waals surface area contributed by atoms with E-state index >= 15 is 0 Å². The molecule has 3 N–H and O–H groups in total. The van der Waals surface area contributed by atoms with Crippen LogP contribution >= 0.6 is 0 Å². The van der Waals surface area contributed by atoms with Crippen LogP contribution in [0, 0.1) is 5.92 Å². The minimum absolute atomic E-state index is 0.390. The first-order valence-corrected chi connectivity index (χ1v) is 10.4. The molecule has 2 heterocycles. The van der Waals surface area contributed by atoms with Crippen LogP contribution in [0.2, 0.25) is 0 Å². The molecule has 1 aliphatic heterocycles. The predicted octanol–water partition coefficient (Wildman–Crippen LogP) is 2.11. The number of hydrogen-bond donors (Lipinski definition) is 2. The lowest BCUT2D eigenvalue weighted by Crippen LogP contribution is -2.47. The topological polar surface area (TPSA) is 82.7 Å². The number of aliphatic imine (C=N–C) groups is 1. The lowest BCUT2D eigenvalue weighted by Gasteiger charge is -2.34. The second-order valence-electron chi connectivity index (χ2n) is 7.87. The van der Waals surface area contributed by atoms with E-state index < -0.39 is 0 Å². The highest BCUT2D eigenvalue weighted by atomic mass is 15.3. The van der Waals surface area contributed by atoms with Gasteiger partial charge in [-0.15, -0.1) is 0 Å². The van der Waals surface area contributed by atoms with Crippen LogP contribution in [0.4, 0.5) is 5.95 Å². The summed E-state index contributed by atoms with van der Waals surface area (Å²) in [6, 6.07) is 2.24. The van der Waals surface area contributed by atoms with Crippen molar-refractivity contribution in [2.75, 3.05) is 44.2 Å². The summed E-state index contributed by atoms with van der Waals surface area (Å²) in [5.41, 5.74) is 6.01. The largest absolute Gasteiger partial charge is 0.370 e. The molecule has 0 spiro atoms. The van der Waals surface area contributed by atoms with Crippen molar-refractivity contribution >= 4 is 11.9 Å². The second kappa shape index (κ2) is 11.7. The molecule has 0 radical (unpaired) electrons. The first-order chi connectivity index (χ1) is 13.0. The van der Waals surface area contributed by atoms with Crippen molar-refractivity contribution in [3.63, 3.8) is 0 Å². The molecule has 1 unspecified atom stereocenters. The molecule has 0 aliphatic carbocycles. The summed E-state index contributed by atoms with van der Waals surface area (Å²) in [4.78, 5) is 17.9. The Morgan fingerprint density at radius 1 is 1.11 bits per heavy atom. The lowest BCUT2D eigenvalue weighted by atomic mass is 10.0. The molecular formula is C20H37N7. The van der Waals surface area contributed by atoms with Crippen LogP contribution in [0.1, 0.15) is 46.5 Å². The number of guanidine groups is 1. The number of hydrogen-bond acceptors (Lipinski definition) is 5. The zero-order chi connectivity index (χ0) is 19.5. The summed E-state index contributed by atoms with van der Waals surface area (Å²) in [7, 11) is 0. The summed E-state index contributed by atoms with van der Waals surface area (Å²) in [6.45, 7) is 12.6. The smallest absolute Gasteiger partial charge is 0.225 e. The van der Waals surface area contributed by atoms with Crippen LogP contribution in [-0.2, 0) is 0 Å². The van der Waals surface area contributed by atoms with Gasteiger partial charge in [0.05, 0.1) is 0 Å². The van der Waals surface area contributed by atoms with E-state index in [9.17, 15) is 0 Å². The number of rotatable bonds is 10. The van der Waals surface area contributed by atoms with Gasteiger partial charge in [-0.25, -0.2) is 9.97 Å². The molecule has 1 aromatic heterocycles. The van der Waals surface area contributed by atoms with Crippen LogP contribution in [0.15, 0.2) is 23.5 Å². The molecular weight excluding hydrogens is 338 g/mol. The number of aromatic nitrogens is 2. The normalized spacial score (nSPS) is 17.3. The van der Waals surface area contributed by atoms with Gasteiger partial charge in [0, 0.05) is 57.7 Å². The molecule has 7 nitrogen and oxygen atoms in total. The van der Waals surface area contributed by atoms with Gasteiger partial charge in [-0.05, 0) is 31.7 Å². The van der Waals surface area contributed by atoms with Gasteiger partial charge in [-0.2, -0.15) is 0 Å². The molecule has 0 amide bonds. The average Bonchev–Trinajstić information content (AvgIpc) is 2.66. The maximum atomic E-state index is 6.01. The molecule has 0 bridgehead atoms. The van der Waals surface area contributed by atoms with Crippen LogP contribution in [-0.4, -0.2) is 66.1 Å². The summed E-state index contributed by atoms with van der Waals surface area (Å²) in [5, 5.41) is 3.31. The van der Waals surface area contributed by atoms with E-state index in [-0.39, 0.29) is 0 Å². The minimum atomic E-state index is 0.390. The Hall–Kier alpha value is -1.89. The van der Waals surface area contributed by atoms with Gasteiger partial charge >= 0.3 is 0 Å². The van der Waals surface area contributed by atoms with Crippen molar-refractivity contribution < 1.29 is 0 Å². The predicted molar refractivity (Wildman–Crippen MR) is 113 cm³/mol. The van der Waals surface area contributed by atoms with Crippen molar-refractivity contribution in [1.82, 2.24) is 20.2 Å². The highest BCUT2D eigenvalue weighted by Crippen LogP contribution is 2.10. The van der Waals surface area contributed by atoms with E-state index in [2.05, 4.69) is 50.8 Å². The molecule has 1 saturated heterocycles. The third kappa shape index (κ3) is 8.56. The zero-order valence-corrected chi connectivity index (χ0v) is 17.3. The first-order valence-electron chi connectivity index (χ1n) is 10.4. The standard InChI is InChI=1S/C20H37N7/c1-17(2)7-4-8-18(3)25-19(21)22-11-6-12-26-13-15-27(16-14-26)20-23-9-5-10-24-20/h5,9-10,17-18H,4,6-8,11-16H2,1-3H3,(H3,21,22,25). The Balaban J connectivity index is 1.56. The average molecular weight is 376 g/mol. The first kappa shape index (κ1) is 21.4. The van der Waals surface area contributed by atoms with Crippen molar-refractivity contribution in [2.45, 2.75) is 52.5 Å². The van der Waals surface area contributed by atoms with Gasteiger partial charge in [0.2, 0.25) is 5.95 Å². The van der Waals surface area contributed by atoms with E-state index in [1.165, 1.54) is 12.8 Å². The Kier molecular flexibility index (Phi) is 9.31. The van der Waals surface area contributed by atoms with Crippen LogP contribution in [0.25, 0.3) is 0 Å². The van der Waals surface area contributed by atoms with Crippen LogP contribution < -0.4 is 16.0 Å². The van der Waals surface area contributed by atoms with Crippen molar-refractivity contribution in [3.8, 4) is 0 Å². The number of nitrogens with one attached hydrogen (secondary N) is 1. The van der Waals surface area contributed by atoms with Gasteiger partial charge in [0.1, 0.15) is 0 Å². The van der Waals surface area contributed by atoms with Gasteiger partial charge < -0.3 is 16.0 Å². The lowest BCUT2D eigenvalue weighted by molar-refractivity contribution is 0.255. The SMILES string of the molecule is CC(C)CCCC(C)NC(N)=NCCCN1CCN(c2ncccn2)CC1. The van der Waals surface area contributed by atoms with E-state index in [1.807, 2.05) is 6.07 Å². The summed E-state index contributed by atoms with van der Waals surface area (Å²) in [5.74, 6) is 2.19. The molecule has 152 valence electrons. The highest BCUT2D eigenvalue weighted by molar-refractivity contribution is 5.78. The summed E-state index contributed by atoms with van der Waals surface area (Å²) >= 11 is 0. The molecule has 7 heteroatoms. The Morgan fingerprint density at radius 2 is 1.81 bits per heavy atom. The second-order valence-corrected chi connectivity index (χ2v) is 7.87. The number of nitrogens with two attached hydrogens (primary N) is 1. The quantitative estimate of drug-likeness (QED) is 0.370. The summed E-state index contributed by atoms with van der Waals surface area (Å²) in [6.07, 6.45) is 8.29. The van der Waals surface area contributed by atoms with E-state index in [1.54, 1.807) is 12.4 Å². The Bertz CT molecular complexity index is 539. The molecule has 1 atom stereocenters. The van der Waals surface area contributed by atoms with Gasteiger partial charge in [0.25, 0.3) is 0 Å². The fraction of sp³-hybridized carbons (Fsp3) is 0.750. The van der Waals surface area contributed by atoms with E-state index in [0.29, 0.717) is 12.0 Å². The molecule has 1 aliphatic rings. The number of nitrogens with zero attached hydrogens (tertiary/aromatic N) is 5. The van der Waals surface area contributed by atoms with Gasteiger partial charge in [-0.1, -0.05) is 26.7 Å². The fourth-order valence-electron chi connectivity index (χ4n) is 3.32. The van der Waals surface area contributed by atoms with Crippen molar-refractivity contribution in [2.24, 2.45) is 16.6 Å². The minimum Gasteiger partial charge on any atom is -0.370 e. The van der Waals surface area contributed by atoms with E-state index in [4.69, 9.17) is 5.73 Å². The number of piperazine rings is 1. The van der Waals surface area contributed by atoms with Gasteiger partial charge in [0.15, 0.2) is 5.96 Å². The monoisotopic (exact) mass is 375 g/mol.